The Labute approximate surface area is 169 Å². The molecular weight excluding hydrogens is 350 g/mol. The van der Waals surface area contributed by atoms with Crippen molar-refractivity contribution >= 4 is 5.96 Å². The second kappa shape index (κ2) is 11.5. The van der Waals surface area contributed by atoms with Crippen LogP contribution in [0.4, 0.5) is 0 Å². The Morgan fingerprint density at radius 2 is 1.89 bits per heavy atom. The fourth-order valence-corrected chi connectivity index (χ4v) is 3.29. The third-order valence-corrected chi connectivity index (χ3v) is 5.47. The number of rotatable bonds is 11. The average Bonchev–Trinajstić information content (AvgIpc) is 3.26. The molecule has 0 unspecified atom stereocenters. The molecule has 0 aliphatic heterocycles. The van der Waals surface area contributed by atoms with Crippen molar-refractivity contribution in [1.29, 1.82) is 0 Å². The van der Waals surface area contributed by atoms with Gasteiger partial charge >= 0.3 is 0 Å². The molecule has 1 aromatic heterocycles. The lowest BCUT2D eigenvalue weighted by atomic mass is 9.79. The van der Waals surface area contributed by atoms with E-state index in [1.807, 2.05) is 16.9 Å². The molecule has 0 radical (unpaired) electrons. The quantitative estimate of drug-likeness (QED) is 0.410. The first-order valence-corrected chi connectivity index (χ1v) is 10.4. The molecule has 3 N–H and O–H groups in total. The minimum absolute atomic E-state index is 0.0828. The maximum atomic E-state index is 9.39. The second-order valence-electron chi connectivity index (χ2n) is 7.17. The van der Waals surface area contributed by atoms with E-state index < -0.39 is 0 Å². The third-order valence-electron chi connectivity index (χ3n) is 5.47. The summed E-state index contributed by atoms with van der Waals surface area (Å²) in [5, 5.41) is 20.4. The van der Waals surface area contributed by atoms with E-state index in [1.165, 1.54) is 5.56 Å². The summed E-state index contributed by atoms with van der Waals surface area (Å²) in [7, 11) is 0. The van der Waals surface area contributed by atoms with Crippen LogP contribution < -0.4 is 10.6 Å². The molecule has 0 fully saturated rings. The fourth-order valence-electron chi connectivity index (χ4n) is 3.29. The highest BCUT2D eigenvalue weighted by molar-refractivity contribution is 5.79. The molecule has 0 bridgehead atoms. The summed E-state index contributed by atoms with van der Waals surface area (Å²) < 4.78 is 1.86. The van der Waals surface area contributed by atoms with Gasteiger partial charge in [0.1, 0.15) is 0 Å². The van der Waals surface area contributed by atoms with Gasteiger partial charge in [-0.2, -0.15) is 5.10 Å². The van der Waals surface area contributed by atoms with Crippen molar-refractivity contribution in [3.8, 4) is 5.69 Å². The smallest absolute Gasteiger partial charge is 0.191 e. The highest BCUT2D eigenvalue weighted by atomic mass is 16.3. The van der Waals surface area contributed by atoms with Gasteiger partial charge in [-0.3, -0.25) is 4.99 Å². The number of aliphatic imine (C=N–C) groups is 1. The molecule has 0 aliphatic carbocycles. The van der Waals surface area contributed by atoms with Crippen LogP contribution >= 0.6 is 0 Å². The van der Waals surface area contributed by atoms with Gasteiger partial charge in [-0.25, -0.2) is 4.68 Å². The molecular formula is C22H35N5O. The lowest BCUT2D eigenvalue weighted by Gasteiger charge is -2.29. The Balaban J connectivity index is 1.90. The van der Waals surface area contributed by atoms with Crippen molar-refractivity contribution in [3.63, 3.8) is 0 Å². The molecule has 6 nitrogen and oxygen atoms in total. The number of aromatic nitrogens is 2. The van der Waals surface area contributed by atoms with Gasteiger partial charge in [-0.05, 0) is 61.8 Å². The van der Waals surface area contributed by atoms with Gasteiger partial charge in [-0.15, -0.1) is 0 Å². The second-order valence-corrected chi connectivity index (χ2v) is 7.17. The molecule has 0 amide bonds. The monoisotopic (exact) mass is 385 g/mol. The summed E-state index contributed by atoms with van der Waals surface area (Å²) in [6, 6.07) is 10.4. The van der Waals surface area contributed by atoms with Crippen LogP contribution in [0.25, 0.3) is 5.69 Å². The van der Waals surface area contributed by atoms with Crippen LogP contribution in [0.3, 0.4) is 0 Å². The Morgan fingerprint density at radius 1 is 1.14 bits per heavy atom. The molecule has 1 aromatic carbocycles. The normalized spacial score (nSPS) is 12.2. The molecule has 0 saturated carbocycles. The van der Waals surface area contributed by atoms with Crippen LogP contribution in [0.2, 0.25) is 0 Å². The van der Waals surface area contributed by atoms with Crippen molar-refractivity contribution in [1.82, 2.24) is 20.4 Å². The number of nitrogens with zero attached hydrogens (tertiary/aromatic N) is 3. The van der Waals surface area contributed by atoms with E-state index in [2.05, 4.69) is 60.8 Å². The summed E-state index contributed by atoms with van der Waals surface area (Å²) in [6.07, 6.45) is 7.49. The zero-order chi connectivity index (χ0) is 20.2. The predicted octanol–water partition coefficient (Wildman–Crippen LogP) is 3.16. The Hall–Kier alpha value is -2.34. The van der Waals surface area contributed by atoms with Gasteiger partial charge in [0.2, 0.25) is 0 Å². The van der Waals surface area contributed by atoms with E-state index >= 15 is 0 Å². The van der Waals surface area contributed by atoms with Crippen LogP contribution in [-0.2, 0) is 6.42 Å². The standard InChI is InChI=1S/C22H35N5O/c1-4-22(5-2,13-17-28)18-25-21(23-6-3)24-15-12-19-8-10-20(11-9-19)27-16-7-14-26-27/h7-11,14,16,28H,4-6,12-13,15,17-18H2,1-3H3,(H2,23,24,25). The SMILES string of the molecule is CCNC(=NCC(CC)(CC)CCO)NCCc1ccc(-n2cccn2)cc1. The van der Waals surface area contributed by atoms with Crippen LogP contribution in [-0.4, -0.2) is 47.1 Å². The molecule has 0 atom stereocenters. The van der Waals surface area contributed by atoms with E-state index in [0.29, 0.717) is 0 Å². The summed E-state index contributed by atoms with van der Waals surface area (Å²) in [5.74, 6) is 0.847. The van der Waals surface area contributed by atoms with Crippen molar-refractivity contribution < 1.29 is 5.11 Å². The number of guanidine groups is 1. The van der Waals surface area contributed by atoms with E-state index in [4.69, 9.17) is 4.99 Å². The first kappa shape index (κ1) is 22.0. The molecule has 154 valence electrons. The van der Waals surface area contributed by atoms with Crippen LogP contribution in [0.5, 0.6) is 0 Å². The average molecular weight is 386 g/mol. The van der Waals surface area contributed by atoms with E-state index in [9.17, 15) is 5.11 Å². The fraction of sp³-hybridized carbons (Fsp3) is 0.545. The molecule has 0 saturated heterocycles. The summed E-state index contributed by atoms with van der Waals surface area (Å²) in [6.45, 7) is 9.04. The van der Waals surface area contributed by atoms with E-state index in [0.717, 1.165) is 57.0 Å². The number of aliphatic hydroxyl groups excluding tert-OH is 1. The largest absolute Gasteiger partial charge is 0.396 e. The third kappa shape index (κ3) is 6.37. The van der Waals surface area contributed by atoms with Crippen molar-refractivity contribution in [2.75, 3.05) is 26.2 Å². The zero-order valence-corrected chi connectivity index (χ0v) is 17.5. The predicted molar refractivity (Wildman–Crippen MR) is 116 cm³/mol. The summed E-state index contributed by atoms with van der Waals surface area (Å²) >= 11 is 0. The molecule has 0 aliphatic rings. The van der Waals surface area contributed by atoms with Gasteiger partial charge in [0.15, 0.2) is 5.96 Å². The Bertz CT molecular complexity index is 690. The first-order chi connectivity index (χ1) is 13.7. The Morgan fingerprint density at radius 3 is 2.46 bits per heavy atom. The minimum atomic E-state index is 0.0828. The minimum Gasteiger partial charge on any atom is -0.396 e. The number of nitrogens with one attached hydrogen (secondary N) is 2. The molecule has 0 spiro atoms. The molecule has 6 heteroatoms. The molecule has 28 heavy (non-hydrogen) atoms. The number of aliphatic hydroxyl groups is 1. The molecule has 2 aromatic rings. The highest BCUT2D eigenvalue weighted by Crippen LogP contribution is 2.30. The van der Waals surface area contributed by atoms with Crippen molar-refractivity contribution in [2.24, 2.45) is 10.4 Å². The maximum absolute atomic E-state index is 9.39. The zero-order valence-electron chi connectivity index (χ0n) is 17.5. The van der Waals surface area contributed by atoms with Gasteiger partial charge in [0.25, 0.3) is 0 Å². The van der Waals surface area contributed by atoms with E-state index in [-0.39, 0.29) is 12.0 Å². The van der Waals surface area contributed by atoms with Crippen molar-refractivity contribution in [3.05, 3.63) is 48.3 Å². The van der Waals surface area contributed by atoms with Gasteiger partial charge in [0.05, 0.1) is 5.69 Å². The van der Waals surface area contributed by atoms with E-state index in [1.54, 1.807) is 6.20 Å². The molecule has 1 heterocycles. The van der Waals surface area contributed by atoms with Gasteiger partial charge in [-0.1, -0.05) is 26.0 Å². The van der Waals surface area contributed by atoms with Gasteiger partial charge in [0, 0.05) is 38.6 Å². The topological polar surface area (TPSA) is 74.5 Å². The van der Waals surface area contributed by atoms with Crippen LogP contribution in [0.15, 0.2) is 47.7 Å². The molecule has 2 rings (SSSR count). The number of hydrogen-bond donors (Lipinski definition) is 3. The number of benzene rings is 1. The van der Waals surface area contributed by atoms with Crippen LogP contribution in [0.1, 0.15) is 45.6 Å². The number of hydrogen-bond acceptors (Lipinski definition) is 3. The summed E-state index contributed by atoms with van der Waals surface area (Å²) in [4.78, 5) is 4.80. The van der Waals surface area contributed by atoms with Crippen LogP contribution in [0, 0.1) is 5.41 Å². The lowest BCUT2D eigenvalue weighted by Crippen LogP contribution is -2.39. The van der Waals surface area contributed by atoms with Gasteiger partial charge < -0.3 is 15.7 Å². The summed E-state index contributed by atoms with van der Waals surface area (Å²) in [5.41, 5.74) is 2.42. The highest BCUT2D eigenvalue weighted by Gasteiger charge is 2.25. The Kier molecular flexibility index (Phi) is 9.01. The lowest BCUT2D eigenvalue weighted by molar-refractivity contribution is 0.175. The first-order valence-electron chi connectivity index (χ1n) is 10.4. The maximum Gasteiger partial charge on any atom is 0.191 e. The van der Waals surface area contributed by atoms with Crippen molar-refractivity contribution in [2.45, 2.75) is 46.5 Å².